The van der Waals surface area contributed by atoms with E-state index in [-0.39, 0.29) is 6.10 Å². The number of nitrogens with two attached hydrogens (primary N) is 1. The lowest BCUT2D eigenvalue weighted by Crippen LogP contribution is -2.15. The Kier molecular flexibility index (Phi) is 6.72. The zero-order valence-corrected chi connectivity index (χ0v) is 8.82. The molecule has 0 aromatic carbocycles. The third-order valence-corrected chi connectivity index (χ3v) is 1.61. The second-order valence-corrected chi connectivity index (χ2v) is 2.94. The number of carbonyl (C=O) groups is 1. The molecule has 0 fully saturated rings. The van der Waals surface area contributed by atoms with Crippen LogP contribution in [0.2, 0.25) is 0 Å². The van der Waals surface area contributed by atoms with Crippen LogP contribution in [0.5, 0.6) is 0 Å². The number of esters is 1. The van der Waals surface area contributed by atoms with Gasteiger partial charge in [-0.3, -0.25) is 0 Å². The maximum atomic E-state index is 11.0. The standard InChI is InChI=1S/C12H17NO2/c1-4-7-10(13)9-11(8-5-2)15-12(14)6-3/h4-6,9,11H,1-3,7-8,13H2. The van der Waals surface area contributed by atoms with E-state index in [4.69, 9.17) is 10.5 Å². The Balaban J connectivity index is 4.43. The summed E-state index contributed by atoms with van der Waals surface area (Å²) in [7, 11) is 0. The van der Waals surface area contributed by atoms with Crippen LogP contribution in [-0.2, 0) is 9.53 Å². The van der Waals surface area contributed by atoms with Gasteiger partial charge in [0.05, 0.1) is 0 Å². The molecule has 0 aliphatic heterocycles. The molecule has 3 heteroatoms. The Hall–Kier alpha value is -1.77. The maximum absolute atomic E-state index is 11.0. The van der Waals surface area contributed by atoms with Gasteiger partial charge < -0.3 is 10.5 Å². The van der Waals surface area contributed by atoms with E-state index in [1.54, 1.807) is 18.2 Å². The molecule has 2 N–H and O–H groups in total. The third-order valence-electron chi connectivity index (χ3n) is 1.61. The molecule has 0 radical (unpaired) electrons. The van der Waals surface area contributed by atoms with E-state index >= 15 is 0 Å². The molecule has 82 valence electrons. The van der Waals surface area contributed by atoms with Crippen LogP contribution in [0.1, 0.15) is 12.8 Å². The molecule has 0 heterocycles. The van der Waals surface area contributed by atoms with Gasteiger partial charge in [0.1, 0.15) is 6.10 Å². The normalized spacial score (nSPS) is 12.7. The molecule has 0 saturated carbocycles. The Morgan fingerprint density at radius 2 is 2.00 bits per heavy atom. The Morgan fingerprint density at radius 3 is 2.47 bits per heavy atom. The van der Waals surface area contributed by atoms with Crippen molar-refractivity contribution in [2.75, 3.05) is 0 Å². The molecule has 0 spiro atoms. The van der Waals surface area contributed by atoms with Crippen molar-refractivity contribution in [1.29, 1.82) is 0 Å². The summed E-state index contributed by atoms with van der Waals surface area (Å²) < 4.78 is 5.04. The summed E-state index contributed by atoms with van der Waals surface area (Å²) in [5, 5.41) is 0. The van der Waals surface area contributed by atoms with Crippen LogP contribution in [0.3, 0.4) is 0 Å². The van der Waals surface area contributed by atoms with Gasteiger partial charge in [0.15, 0.2) is 0 Å². The van der Waals surface area contributed by atoms with Crippen molar-refractivity contribution in [3.8, 4) is 0 Å². The fourth-order valence-electron chi connectivity index (χ4n) is 0.985. The van der Waals surface area contributed by atoms with Crippen molar-refractivity contribution >= 4 is 5.97 Å². The molecular formula is C12H17NO2. The first kappa shape index (κ1) is 13.2. The average Bonchev–Trinajstić information content (AvgIpc) is 2.18. The topological polar surface area (TPSA) is 52.3 Å². The summed E-state index contributed by atoms with van der Waals surface area (Å²) in [4.78, 5) is 11.0. The van der Waals surface area contributed by atoms with Gasteiger partial charge in [-0.25, -0.2) is 4.79 Å². The molecule has 0 saturated heterocycles. The van der Waals surface area contributed by atoms with E-state index in [0.717, 1.165) is 6.08 Å². The lowest BCUT2D eigenvalue weighted by atomic mass is 10.2. The molecule has 0 aromatic heterocycles. The van der Waals surface area contributed by atoms with Crippen molar-refractivity contribution in [3.05, 3.63) is 49.7 Å². The van der Waals surface area contributed by atoms with Crippen molar-refractivity contribution in [2.24, 2.45) is 5.73 Å². The number of hydrogen-bond donors (Lipinski definition) is 1. The minimum absolute atomic E-state index is 0.382. The molecule has 3 nitrogen and oxygen atoms in total. The molecule has 1 unspecified atom stereocenters. The first-order valence-corrected chi connectivity index (χ1v) is 4.65. The quantitative estimate of drug-likeness (QED) is 0.395. The Morgan fingerprint density at radius 1 is 1.33 bits per heavy atom. The van der Waals surface area contributed by atoms with Gasteiger partial charge in [-0.2, -0.15) is 0 Å². The number of ether oxygens (including phenoxy) is 1. The van der Waals surface area contributed by atoms with Crippen LogP contribution in [0, 0.1) is 0 Å². The Labute approximate surface area is 90.6 Å². The third kappa shape index (κ3) is 6.32. The Bertz CT molecular complexity index is 279. The zero-order valence-electron chi connectivity index (χ0n) is 8.82. The van der Waals surface area contributed by atoms with E-state index in [1.165, 1.54) is 0 Å². The summed E-state index contributed by atoms with van der Waals surface area (Å²) in [6.07, 6.45) is 6.87. The van der Waals surface area contributed by atoms with E-state index in [9.17, 15) is 4.79 Å². The first-order valence-electron chi connectivity index (χ1n) is 4.65. The maximum Gasteiger partial charge on any atom is 0.330 e. The van der Waals surface area contributed by atoms with E-state index in [1.807, 2.05) is 0 Å². The first-order chi connectivity index (χ1) is 7.13. The van der Waals surface area contributed by atoms with Crippen molar-refractivity contribution in [2.45, 2.75) is 18.9 Å². The van der Waals surface area contributed by atoms with E-state index in [0.29, 0.717) is 18.5 Å². The number of carbonyl (C=O) groups excluding carboxylic acids is 1. The summed E-state index contributed by atoms with van der Waals surface area (Å²) in [5.41, 5.74) is 6.29. The molecule has 0 aliphatic rings. The predicted molar refractivity (Wildman–Crippen MR) is 62.0 cm³/mol. The molecule has 15 heavy (non-hydrogen) atoms. The minimum Gasteiger partial charge on any atom is -0.455 e. The van der Waals surface area contributed by atoms with Gasteiger partial charge >= 0.3 is 5.97 Å². The summed E-state index contributed by atoms with van der Waals surface area (Å²) in [5.74, 6) is -0.468. The highest BCUT2D eigenvalue weighted by Crippen LogP contribution is 2.06. The molecule has 0 aromatic rings. The van der Waals surface area contributed by atoms with Gasteiger partial charge in [-0.05, 0) is 6.08 Å². The SMILES string of the molecule is C=CCC(N)=CC(CC=C)OC(=O)C=C. The highest BCUT2D eigenvalue weighted by molar-refractivity contribution is 5.81. The van der Waals surface area contributed by atoms with Crippen LogP contribution in [0.15, 0.2) is 49.7 Å². The highest BCUT2D eigenvalue weighted by atomic mass is 16.5. The number of allylic oxidation sites excluding steroid dienone is 1. The fraction of sp³-hybridized carbons (Fsp3) is 0.250. The average molecular weight is 207 g/mol. The lowest BCUT2D eigenvalue weighted by molar-refractivity contribution is -0.140. The smallest absolute Gasteiger partial charge is 0.330 e. The van der Waals surface area contributed by atoms with Crippen LogP contribution < -0.4 is 5.73 Å². The largest absolute Gasteiger partial charge is 0.455 e. The number of hydrogen-bond acceptors (Lipinski definition) is 3. The van der Waals surface area contributed by atoms with Gasteiger partial charge in [-0.1, -0.05) is 18.7 Å². The molecule has 0 bridgehead atoms. The van der Waals surface area contributed by atoms with Gasteiger partial charge in [0.25, 0.3) is 0 Å². The second kappa shape index (κ2) is 7.62. The highest BCUT2D eigenvalue weighted by Gasteiger charge is 2.08. The van der Waals surface area contributed by atoms with Gasteiger partial charge in [0.2, 0.25) is 0 Å². The van der Waals surface area contributed by atoms with Gasteiger partial charge in [-0.15, -0.1) is 13.2 Å². The van der Waals surface area contributed by atoms with Gasteiger partial charge in [0, 0.05) is 24.6 Å². The molecule has 0 amide bonds. The molecule has 0 aliphatic carbocycles. The lowest BCUT2D eigenvalue weighted by Gasteiger charge is -2.11. The van der Waals surface area contributed by atoms with Crippen LogP contribution in [-0.4, -0.2) is 12.1 Å². The molecular weight excluding hydrogens is 190 g/mol. The number of rotatable bonds is 7. The van der Waals surface area contributed by atoms with Crippen LogP contribution in [0.25, 0.3) is 0 Å². The summed E-state index contributed by atoms with van der Waals surface area (Å²) in [6, 6.07) is 0. The molecule has 1 atom stereocenters. The zero-order chi connectivity index (χ0) is 11.7. The van der Waals surface area contributed by atoms with E-state index < -0.39 is 5.97 Å². The monoisotopic (exact) mass is 207 g/mol. The minimum atomic E-state index is -0.468. The summed E-state index contributed by atoms with van der Waals surface area (Å²) >= 11 is 0. The predicted octanol–water partition coefficient (Wildman–Crippen LogP) is 2.08. The van der Waals surface area contributed by atoms with Crippen LogP contribution >= 0.6 is 0 Å². The summed E-state index contributed by atoms with van der Waals surface area (Å²) in [6.45, 7) is 10.5. The van der Waals surface area contributed by atoms with Crippen molar-refractivity contribution < 1.29 is 9.53 Å². The molecule has 0 rings (SSSR count). The second-order valence-electron chi connectivity index (χ2n) is 2.94. The fourth-order valence-corrected chi connectivity index (χ4v) is 0.985. The van der Waals surface area contributed by atoms with Crippen LogP contribution in [0.4, 0.5) is 0 Å². The van der Waals surface area contributed by atoms with Crippen molar-refractivity contribution in [1.82, 2.24) is 0 Å². The van der Waals surface area contributed by atoms with E-state index in [2.05, 4.69) is 19.7 Å². The van der Waals surface area contributed by atoms with Crippen molar-refractivity contribution in [3.63, 3.8) is 0 Å².